The highest BCUT2D eigenvalue weighted by Gasteiger charge is 2.03. The van der Waals surface area contributed by atoms with Gasteiger partial charge in [-0.1, -0.05) is 172 Å². The molecule has 0 amide bonds. The molecule has 0 bridgehead atoms. The van der Waals surface area contributed by atoms with Gasteiger partial charge in [0.1, 0.15) is 6.61 Å². The van der Waals surface area contributed by atoms with E-state index in [1.54, 1.807) is 0 Å². The molecule has 0 unspecified atom stereocenters. The lowest BCUT2D eigenvalue weighted by Crippen LogP contribution is -2.04. The van der Waals surface area contributed by atoms with Crippen molar-refractivity contribution < 1.29 is 14.6 Å². The number of ether oxygens (including phenoxy) is 1. The number of carbonyl (C=O) groups excluding carboxylic acids is 1. The van der Waals surface area contributed by atoms with E-state index in [9.17, 15) is 4.79 Å². The first-order valence-electron chi connectivity index (χ1n) is 16.1. The Labute approximate surface area is 230 Å². The molecule has 0 heterocycles. The number of aliphatic hydroxyl groups is 1. The summed E-state index contributed by atoms with van der Waals surface area (Å²) in [5.74, 6) is -0.0626. The van der Waals surface area contributed by atoms with Gasteiger partial charge in [-0.3, -0.25) is 4.79 Å². The Morgan fingerprint density at radius 3 is 1.16 bits per heavy atom. The van der Waals surface area contributed by atoms with Crippen molar-refractivity contribution in [3.05, 3.63) is 35.9 Å². The number of unbranched alkanes of at least 4 members (excludes halogenated alkanes) is 23. The van der Waals surface area contributed by atoms with Gasteiger partial charge in [0.25, 0.3) is 0 Å². The molecule has 1 N–H and O–H groups in total. The molecule has 0 saturated heterocycles. The van der Waals surface area contributed by atoms with E-state index in [0.29, 0.717) is 19.6 Å². The molecule has 3 heteroatoms. The summed E-state index contributed by atoms with van der Waals surface area (Å²) in [4.78, 5) is 11.8. The minimum absolute atomic E-state index is 0.0626. The zero-order valence-electron chi connectivity index (χ0n) is 24.2. The minimum atomic E-state index is -0.0626. The molecule has 0 radical (unpaired) electrons. The standard InChI is InChI=1S/C34H60O3/c35-31-27-22-20-18-16-14-12-10-8-6-4-2-1-3-5-7-9-11-13-15-17-19-21-26-30-34(36)37-32-33-28-24-23-25-29-33/h23-25,28-29,35H,1-22,26-27,30-32H2. The zero-order valence-corrected chi connectivity index (χ0v) is 24.2. The van der Waals surface area contributed by atoms with Crippen molar-refractivity contribution in [3.8, 4) is 0 Å². The molecular weight excluding hydrogens is 456 g/mol. The van der Waals surface area contributed by atoms with E-state index in [4.69, 9.17) is 9.84 Å². The number of hydrogen-bond donors (Lipinski definition) is 1. The van der Waals surface area contributed by atoms with Crippen LogP contribution in [-0.4, -0.2) is 17.7 Å². The zero-order chi connectivity index (χ0) is 26.5. The van der Waals surface area contributed by atoms with Crippen molar-refractivity contribution in [2.45, 2.75) is 167 Å². The van der Waals surface area contributed by atoms with Gasteiger partial charge in [-0.05, 0) is 18.4 Å². The molecule has 1 aromatic rings. The molecule has 0 aliphatic heterocycles. The third-order valence-electron chi connectivity index (χ3n) is 7.53. The van der Waals surface area contributed by atoms with Crippen LogP contribution in [0.1, 0.15) is 166 Å². The van der Waals surface area contributed by atoms with Gasteiger partial charge < -0.3 is 9.84 Å². The quantitative estimate of drug-likeness (QED) is 0.0889. The van der Waals surface area contributed by atoms with Crippen LogP contribution in [0.3, 0.4) is 0 Å². The molecule has 0 fully saturated rings. The highest BCUT2D eigenvalue weighted by Crippen LogP contribution is 2.16. The Balaban J connectivity index is 1.67. The average molecular weight is 517 g/mol. The monoisotopic (exact) mass is 516 g/mol. The van der Waals surface area contributed by atoms with Gasteiger partial charge in [0.15, 0.2) is 0 Å². The van der Waals surface area contributed by atoms with Crippen molar-refractivity contribution in [1.29, 1.82) is 0 Å². The summed E-state index contributed by atoms with van der Waals surface area (Å²) in [7, 11) is 0. The van der Waals surface area contributed by atoms with Crippen LogP contribution in [0.25, 0.3) is 0 Å². The first kappa shape index (κ1) is 33.7. The third kappa shape index (κ3) is 24.7. The fourth-order valence-corrected chi connectivity index (χ4v) is 5.08. The van der Waals surface area contributed by atoms with Gasteiger partial charge in [-0.15, -0.1) is 0 Å². The molecular formula is C34H60O3. The Hall–Kier alpha value is -1.35. The van der Waals surface area contributed by atoms with Crippen LogP contribution < -0.4 is 0 Å². The highest BCUT2D eigenvalue weighted by molar-refractivity contribution is 5.69. The summed E-state index contributed by atoms with van der Waals surface area (Å²) < 4.78 is 5.34. The second-order valence-electron chi connectivity index (χ2n) is 11.1. The predicted octanol–water partition coefficient (Wildman–Crippen LogP) is 10.5. The van der Waals surface area contributed by atoms with E-state index >= 15 is 0 Å². The molecule has 1 rings (SSSR count). The summed E-state index contributed by atoms with van der Waals surface area (Å²) in [5, 5.41) is 8.77. The summed E-state index contributed by atoms with van der Waals surface area (Å²) in [6.07, 6.45) is 32.7. The van der Waals surface area contributed by atoms with Crippen molar-refractivity contribution in [1.82, 2.24) is 0 Å². The second-order valence-corrected chi connectivity index (χ2v) is 11.1. The van der Waals surface area contributed by atoms with Gasteiger partial charge in [-0.2, -0.15) is 0 Å². The molecule has 3 nitrogen and oxygen atoms in total. The van der Waals surface area contributed by atoms with Crippen LogP contribution in [-0.2, 0) is 16.1 Å². The maximum absolute atomic E-state index is 11.8. The van der Waals surface area contributed by atoms with Crippen LogP contribution in [0.5, 0.6) is 0 Å². The SMILES string of the molecule is O=C(CCCCCCCCCCCCCCCCCCCCCCCCCCO)OCc1ccccc1. The molecule has 0 aliphatic carbocycles. The maximum atomic E-state index is 11.8. The molecule has 0 aromatic heterocycles. The molecule has 0 spiro atoms. The molecule has 0 atom stereocenters. The van der Waals surface area contributed by atoms with Crippen LogP contribution in [0.15, 0.2) is 30.3 Å². The largest absolute Gasteiger partial charge is 0.461 e. The Morgan fingerprint density at radius 2 is 0.811 bits per heavy atom. The smallest absolute Gasteiger partial charge is 0.306 e. The van der Waals surface area contributed by atoms with E-state index in [1.807, 2.05) is 30.3 Å². The third-order valence-corrected chi connectivity index (χ3v) is 7.53. The number of hydrogen-bond acceptors (Lipinski definition) is 3. The maximum Gasteiger partial charge on any atom is 0.306 e. The fourth-order valence-electron chi connectivity index (χ4n) is 5.08. The van der Waals surface area contributed by atoms with Crippen LogP contribution in [0, 0.1) is 0 Å². The molecule has 214 valence electrons. The Bertz CT molecular complexity index is 586. The normalized spacial score (nSPS) is 11.2. The fraction of sp³-hybridized carbons (Fsp3) is 0.794. The number of benzene rings is 1. The number of carbonyl (C=O) groups is 1. The van der Waals surface area contributed by atoms with Crippen LogP contribution in [0.2, 0.25) is 0 Å². The summed E-state index contributed by atoms with van der Waals surface area (Å²) in [6.45, 7) is 0.760. The topological polar surface area (TPSA) is 46.5 Å². The lowest BCUT2D eigenvalue weighted by atomic mass is 10.0. The first-order chi connectivity index (χ1) is 18.3. The van der Waals surface area contributed by atoms with Gasteiger partial charge in [0, 0.05) is 13.0 Å². The van der Waals surface area contributed by atoms with E-state index in [0.717, 1.165) is 24.8 Å². The van der Waals surface area contributed by atoms with Crippen LogP contribution in [0.4, 0.5) is 0 Å². The van der Waals surface area contributed by atoms with Crippen molar-refractivity contribution >= 4 is 5.97 Å². The molecule has 37 heavy (non-hydrogen) atoms. The lowest BCUT2D eigenvalue weighted by molar-refractivity contribution is -0.145. The predicted molar refractivity (Wildman–Crippen MR) is 159 cm³/mol. The van der Waals surface area contributed by atoms with Crippen molar-refractivity contribution in [3.63, 3.8) is 0 Å². The van der Waals surface area contributed by atoms with Crippen LogP contribution >= 0.6 is 0 Å². The van der Waals surface area contributed by atoms with E-state index in [-0.39, 0.29) is 5.97 Å². The Kier molecular flexibility index (Phi) is 25.2. The average Bonchev–Trinajstić information content (AvgIpc) is 2.92. The molecule has 0 saturated carbocycles. The lowest BCUT2D eigenvalue weighted by Gasteiger charge is -2.05. The van der Waals surface area contributed by atoms with E-state index < -0.39 is 0 Å². The van der Waals surface area contributed by atoms with Crippen molar-refractivity contribution in [2.75, 3.05) is 6.61 Å². The van der Waals surface area contributed by atoms with Gasteiger partial charge in [0.05, 0.1) is 0 Å². The highest BCUT2D eigenvalue weighted by atomic mass is 16.5. The summed E-state index contributed by atoms with van der Waals surface area (Å²) >= 11 is 0. The Morgan fingerprint density at radius 1 is 0.486 bits per heavy atom. The van der Waals surface area contributed by atoms with E-state index in [1.165, 1.54) is 135 Å². The molecule has 1 aromatic carbocycles. The second kappa shape index (κ2) is 27.7. The number of aliphatic hydroxyl groups excluding tert-OH is 1. The summed E-state index contributed by atoms with van der Waals surface area (Å²) in [6, 6.07) is 9.90. The minimum Gasteiger partial charge on any atom is -0.461 e. The van der Waals surface area contributed by atoms with E-state index in [2.05, 4.69) is 0 Å². The number of rotatable bonds is 28. The summed E-state index contributed by atoms with van der Waals surface area (Å²) in [5.41, 5.74) is 1.06. The van der Waals surface area contributed by atoms with Gasteiger partial charge >= 0.3 is 5.97 Å². The molecule has 0 aliphatic rings. The van der Waals surface area contributed by atoms with Crippen molar-refractivity contribution in [2.24, 2.45) is 0 Å². The first-order valence-corrected chi connectivity index (χ1v) is 16.1. The number of esters is 1. The van der Waals surface area contributed by atoms with Gasteiger partial charge in [-0.25, -0.2) is 0 Å². The van der Waals surface area contributed by atoms with Gasteiger partial charge in [0.2, 0.25) is 0 Å².